The summed E-state index contributed by atoms with van der Waals surface area (Å²) in [5, 5.41) is 13.6. The van der Waals surface area contributed by atoms with Crippen LogP contribution in [-0.4, -0.2) is 19.9 Å². The Labute approximate surface area is 105 Å². The van der Waals surface area contributed by atoms with E-state index >= 15 is 0 Å². The van der Waals surface area contributed by atoms with E-state index in [1.807, 2.05) is 6.20 Å². The van der Waals surface area contributed by atoms with Gasteiger partial charge in [0.2, 0.25) is 0 Å². The lowest BCUT2D eigenvalue weighted by atomic mass is 10.3. The second-order valence-corrected chi connectivity index (χ2v) is 4.51. The van der Waals surface area contributed by atoms with Gasteiger partial charge in [-0.1, -0.05) is 11.6 Å². The van der Waals surface area contributed by atoms with E-state index < -0.39 is 0 Å². The maximum Gasteiger partial charge on any atom is 0.153 e. The highest BCUT2D eigenvalue weighted by atomic mass is 127. The van der Waals surface area contributed by atoms with E-state index in [1.54, 1.807) is 23.0 Å². The number of nitrogens with zero attached hydrogens (tertiary/aromatic N) is 3. The second-order valence-electron chi connectivity index (χ2n) is 2.86. The molecule has 0 aliphatic heterocycles. The molecule has 0 aromatic carbocycles. The molecular formula is C9H7ClIN3O. The summed E-state index contributed by atoms with van der Waals surface area (Å²) in [5.41, 5.74) is 0.458. The minimum Gasteiger partial charge on any atom is -0.390 e. The summed E-state index contributed by atoms with van der Waals surface area (Å²) in [4.78, 5) is 4.19. The summed E-state index contributed by atoms with van der Waals surface area (Å²) in [5.74, 6) is 0.645. The summed E-state index contributed by atoms with van der Waals surface area (Å²) in [6, 6.07) is 3.45. The number of aliphatic hydroxyl groups excluding tert-OH is 1. The third-order valence-electron chi connectivity index (χ3n) is 1.84. The van der Waals surface area contributed by atoms with Crippen LogP contribution in [0.15, 0.2) is 24.5 Å². The quantitative estimate of drug-likeness (QED) is 0.854. The highest BCUT2D eigenvalue weighted by Gasteiger charge is 2.05. The zero-order chi connectivity index (χ0) is 10.8. The van der Waals surface area contributed by atoms with Crippen molar-refractivity contribution in [2.75, 3.05) is 0 Å². The Morgan fingerprint density at radius 3 is 2.87 bits per heavy atom. The van der Waals surface area contributed by atoms with Crippen molar-refractivity contribution >= 4 is 34.2 Å². The molecule has 0 spiro atoms. The molecule has 0 unspecified atom stereocenters. The Morgan fingerprint density at radius 2 is 2.27 bits per heavy atom. The molecule has 0 fully saturated rings. The van der Waals surface area contributed by atoms with Crippen molar-refractivity contribution < 1.29 is 5.11 Å². The Hall–Kier alpha value is -0.660. The van der Waals surface area contributed by atoms with Gasteiger partial charge in [-0.25, -0.2) is 9.67 Å². The van der Waals surface area contributed by atoms with E-state index in [-0.39, 0.29) is 6.61 Å². The van der Waals surface area contributed by atoms with Crippen LogP contribution in [-0.2, 0) is 6.61 Å². The van der Waals surface area contributed by atoms with Crippen LogP contribution < -0.4 is 0 Å². The van der Waals surface area contributed by atoms with E-state index in [0.29, 0.717) is 16.5 Å². The molecule has 15 heavy (non-hydrogen) atoms. The van der Waals surface area contributed by atoms with Gasteiger partial charge in [0.25, 0.3) is 0 Å². The van der Waals surface area contributed by atoms with Gasteiger partial charge in [0.05, 0.1) is 27.1 Å². The number of hydrogen-bond donors (Lipinski definition) is 1. The van der Waals surface area contributed by atoms with Crippen LogP contribution in [0.3, 0.4) is 0 Å². The van der Waals surface area contributed by atoms with Gasteiger partial charge >= 0.3 is 0 Å². The van der Waals surface area contributed by atoms with E-state index in [1.165, 1.54) is 0 Å². The Kier molecular flexibility index (Phi) is 3.22. The van der Waals surface area contributed by atoms with Gasteiger partial charge in [0, 0.05) is 6.20 Å². The fourth-order valence-electron chi connectivity index (χ4n) is 1.14. The van der Waals surface area contributed by atoms with E-state index in [2.05, 4.69) is 32.7 Å². The maximum atomic E-state index is 9.02. The molecule has 2 heterocycles. The van der Waals surface area contributed by atoms with Crippen molar-refractivity contribution in [3.63, 3.8) is 0 Å². The minimum absolute atomic E-state index is 0.176. The van der Waals surface area contributed by atoms with Gasteiger partial charge in [0.15, 0.2) is 5.82 Å². The molecule has 0 radical (unpaired) electrons. The average molecular weight is 336 g/mol. The Bertz CT molecular complexity index is 486. The molecule has 6 heteroatoms. The molecule has 2 aromatic heterocycles. The third kappa shape index (κ3) is 2.30. The lowest BCUT2D eigenvalue weighted by Gasteiger charge is -2.03. The van der Waals surface area contributed by atoms with Gasteiger partial charge in [-0.2, -0.15) is 5.10 Å². The van der Waals surface area contributed by atoms with Crippen LogP contribution in [0.4, 0.5) is 0 Å². The molecule has 0 saturated carbocycles. The van der Waals surface area contributed by atoms with Gasteiger partial charge in [0.1, 0.15) is 0 Å². The molecule has 0 aliphatic carbocycles. The van der Waals surface area contributed by atoms with Crippen molar-refractivity contribution in [2.45, 2.75) is 6.61 Å². The second kappa shape index (κ2) is 4.46. The molecular weight excluding hydrogens is 328 g/mol. The first-order valence-corrected chi connectivity index (χ1v) is 5.63. The standard InChI is InChI=1S/C9H7ClIN3O/c10-7-1-2-9(13-8(7)5-15)14-4-6(11)3-12-14/h1-4,15H,5H2. The highest BCUT2D eigenvalue weighted by Crippen LogP contribution is 2.16. The fraction of sp³-hybridized carbons (Fsp3) is 0.111. The Morgan fingerprint density at radius 1 is 1.47 bits per heavy atom. The van der Waals surface area contributed by atoms with Crippen LogP contribution in [0, 0.1) is 3.57 Å². The summed E-state index contributed by atoms with van der Waals surface area (Å²) >= 11 is 8.00. The number of halogens is 2. The first-order chi connectivity index (χ1) is 7.20. The summed E-state index contributed by atoms with van der Waals surface area (Å²) in [6.07, 6.45) is 3.58. The third-order valence-corrected chi connectivity index (χ3v) is 2.74. The molecule has 4 nitrogen and oxygen atoms in total. The lowest BCUT2D eigenvalue weighted by molar-refractivity contribution is 0.277. The minimum atomic E-state index is -0.176. The number of aliphatic hydroxyl groups is 1. The maximum absolute atomic E-state index is 9.02. The van der Waals surface area contributed by atoms with Crippen LogP contribution in [0.5, 0.6) is 0 Å². The monoisotopic (exact) mass is 335 g/mol. The number of rotatable bonds is 2. The van der Waals surface area contributed by atoms with Crippen molar-refractivity contribution in [3.8, 4) is 5.82 Å². The number of pyridine rings is 1. The predicted octanol–water partition coefficient (Wildman–Crippen LogP) is 2.02. The summed E-state index contributed by atoms with van der Waals surface area (Å²) in [7, 11) is 0. The smallest absolute Gasteiger partial charge is 0.153 e. The van der Waals surface area contributed by atoms with E-state index in [0.717, 1.165) is 3.57 Å². The van der Waals surface area contributed by atoms with Gasteiger partial charge in [-0.15, -0.1) is 0 Å². The molecule has 78 valence electrons. The largest absolute Gasteiger partial charge is 0.390 e. The highest BCUT2D eigenvalue weighted by molar-refractivity contribution is 14.1. The van der Waals surface area contributed by atoms with Crippen LogP contribution in [0.1, 0.15) is 5.69 Å². The first kappa shape index (κ1) is 10.8. The molecule has 0 aliphatic rings. The van der Waals surface area contributed by atoms with Crippen molar-refractivity contribution in [1.29, 1.82) is 0 Å². The zero-order valence-corrected chi connectivity index (χ0v) is 10.5. The number of aromatic nitrogens is 3. The Balaban J connectivity index is 2.45. The molecule has 0 amide bonds. The topological polar surface area (TPSA) is 50.9 Å². The van der Waals surface area contributed by atoms with Gasteiger partial charge < -0.3 is 5.11 Å². The van der Waals surface area contributed by atoms with Gasteiger partial charge in [-0.3, -0.25) is 0 Å². The number of hydrogen-bond acceptors (Lipinski definition) is 3. The SMILES string of the molecule is OCc1nc(-n2cc(I)cn2)ccc1Cl. The van der Waals surface area contributed by atoms with Crippen molar-refractivity contribution in [3.05, 3.63) is 38.8 Å². The van der Waals surface area contributed by atoms with Crippen molar-refractivity contribution in [2.24, 2.45) is 0 Å². The summed E-state index contributed by atoms with van der Waals surface area (Å²) in [6.45, 7) is -0.176. The zero-order valence-electron chi connectivity index (χ0n) is 7.56. The molecule has 1 N–H and O–H groups in total. The predicted molar refractivity (Wildman–Crippen MR) is 65.0 cm³/mol. The molecule has 0 atom stereocenters. The normalized spacial score (nSPS) is 10.6. The van der Waals surface area contributed by atoms with Gasteiger partial charge in [-0.05, 0) is 34.7 Å². The summed E-state index contributed by atoms with van der Waals surface area (Å²) < 4.78 is 2.66. The first-order valence-electron chi connectivity index (χ1n) is 4.17. The van der Waals surface area contributed by atoms with Crippen molar-refractivity contribution in [1.82, 2.24) is 14.8 Å². The molecule has 0 saturated heterocycles. The van der Waals surface area contributed by atoms with E-state index in [9.17, 15) is 0 Å². The fourth-order valence-corrected chi connectivity index (χ4v) is 1.69. The molecule has 0 bridgehead atoms. The van der Waals surface area contributed by atoms with E-state index in [4.69, 9.17) is 16.7 Å². The van der Waals surface area contributed by atoms with Crippen LogP contribution >= 0.6 is 34.2 Å². The van der Waals surface area contributed by atoms with Crippen LogP contribution in [0.2, 0.25) is 5.02 Å². The lowest BCUT2D eigenvalue weighted by Crippen LogP contribution is -2.01. The molecule has 2 aromatic rings. The molecule has 2 rings (SSSR count). The van der Waals surface area contributed by atoms with Crippen LogP contribution in [0.25, 0.3) is 5.82 Å². The average Bonchev–Trinajstić information content (AvgIpc) is 2.66.